The molecule has 2 aliphatic heterocycles. The topological polar surface area (TPSA) is 38.5 Å². The highest BCUT2D eigenvalue weighted by Crippen LogP contribution is 2.30. The smallest absolute Gasteiger partial charge is 0.0624 e. The lowest BCUT2D eigenvalue weighted by molar-refractivity contribution is 0.112. The molecule has 3 rings (SSSR count). The molecule has 0 bridgehead atoms. The second kappa shape index (κ2) is 4.65. The number of benzene rings is 1. The zero-order valence-electron chi connectivity index (χ0n) is 11.1. The van der Waals surface area contributed by atoms with Gasteiger partial charge in [-0.2, -0.15) is 0 Å². The highest BCUT2D eigenvalue weighted by Gasteiger charge is 2.39. The second-order valence-electron chi connectivity index (χ2n) is 6.01. The van der Waals surface area contributed by atoms with Gasteiger partial charge in [0.25, 0.3) is 0 Å². The third kappa shape index (κ3) is 2.18. The van der Waals surface area contributed by atoms with Gasteiger partial charge in [0.2, 0.25) is 0 Å². The van der Waals surface area contributed by atoms with Crippen LogP contribution in [0.3, 0.4) is 0 Å². The van der Waals surface area contributed by atoms with E-state index in [1.807, 2.05) is 0 Å². The quantitative estimate of drug-likeness (QED) is 0.857. The molecule has 2 unspecified atom stereocenters. The van der Waals surface area contributed by atoms with E-state index in [0.717, 1.165) is 32.7 Å². The van der Waals surface area contributed by atoms with Gasteiger partial charge in [0.1, 0.15) is 0 Å². The summed E-state index contributed by atoms with van der Waals surface area (Å²) in [6.45, 7) is 7.00. The Morgan fingerprint density at radius 2 is 2.17 bits per heavy atom. The zero-order chi connectivity index (χ0) is 12.6. The number of ether oxygens (including phenoxy) is 1. The number of rotatable bonds is 2. The van der Waals surface area contributed by atoms with Crippen molar-refractivity contribution < 1.29 is 4.74 Å². The van der Waals surface area contributed by atoms with Gasteiger partial charge in [-0.3, -0.25) is 4.90 Å². The molecule has 2 atom stereocenters. The van der Waals surface area contributed by atoms with E-state index in [1.165, 1.54) is 11.1 Å². The van der Waals surface area contributed by atoms with Gasteiger partial charge in [-0.25, -0.2) is 0 Å². The molecule has 18 heavy (non-hydrogen) atoms. The molecule has 0 saturated carbocycles. The minimum atomic E-state index is 0.117. The number of hydrogen-bond donors (Lipinski definition) is 1. The summed E-state index contributed by atoms with van der Waals surface area (Å²) < 4.78 is 5.53. The van der Waals surface area contributed by atoms with Crippen LogP contribution < -0.4 is 5.73 Å². The van der Waals surface area contributed by atoms with Crippen molar-refractivity contribution in [2.45, 2.75) is 25.9 Å². The van der Waals surface area contributed by atoms with E-state index >= 15 is 0 Å². The van der Waals surface area contributed by atoms with E-state index in [-0.39, 0.29) is 11.5 Å². The largest absolute Gasteiger partial charge is 0.379 e. The summed E-state index contributed by atoms with van der Waals surface area (Å²) in [5, 5.41) is 0. The van der Waals surface area contributed by atoms with Crippen LogP contribution in [0, 0.1) is 5.41 Å². The van der Waals surface area contributed by atoms with Crippen molar-refractivity contribution in [1.82, 2.24) is 4.90 Å². The SMILES string of the molecule is CC1(CN2CCc3ccccc3C2)COCC1N. The van der Waals surface area contributed by atoms with Gasteiger partial charge in [-0.05, 0) is 17.5 Å². The molecule has 0 radical (unpaired) electrons. The normalized spacial score (nSPS) is 32.4. The fourth-order valence-corrected chi connectivity index (χ4v) is 3.09. The molecule has 1 aromatic carbocycles. The molecule has 2 heterocycles. The molecule has 0 aliphatic carbocycles. The summed E-state index contributed by atoms with van der Waals surface area (Å²) in [4.78, 5) is 2.52. The van der Waals surface area contributed by atoms with E-state index in [0.29, 0.717) is 6.61 Å². The fraction of sp³-hybridized carbons (Fsp3) is 0.600. The van der Waals surface area contributed by atoms with Crippen LogP contribution in [-0.4, -0.2) is 37.2 Å². The van der Waals surface area contributed by atoms with Crippen LogP contribution >= 0.6 is 0 Å². The maximum absolute atomic E-state index is 6.17. The number of nitrogens with zero attached hydrogens (tertiary/aromatic N) is 1. The van der Waals surface area contributed by atoms with Gasteiger partial charge in [0.05, 0.1) is 13.2 Å². The maximum atomic E-state index is 6.17. The molecule has 3 heteroatoms. The molecule has 1 aromatic rings. The van der Waals surface area contributed by atoms with Gasteiger partial charge >= 0.3 is 0 Å². The van der Waals surface area contributed by atoms with Gasteiger partial charge in [0.15, 0.2) is 0 Å². The Kier molecular flexibility index (Phi) is 3.14. The summed E-state index contributed by atoms with van der Waals surface area (Å²) in [6, 6.07) is 8.94. The summed E-state index contributed by atoms with van der Waals surface area (Å²) in [5.74, 6) is 0. The Balaban J connectivity index is 1.69. The molecular formula is C15H22N2O. The highest BCUT2D eigenvalue weighted by atomic mass is 16.5. The van der Waals surface area contributed by atoms with Crippen LogP contribution in [0.5, 0.6) is 0 Å². The Morgan fingerprint density at radius 1 is 1.39 bits per heavy atom. The summed E-state index contributed by atoms with van der Waals surface area (Å²) >= 11 is 0. The molecule has 3 nitrogen and oxygen atoms in total. The number of fused-ring (bicyclic) bond motifs is 1. The maximum Gasteiger partial charge on any atom is 0.0624 e. The third-order valence-electron chi connectivity index (χ3n) is 4.42. The fourth-order valence-electron chi connectivity index (χ4n) is 3.09. The molecule has 0 amide bonds. The van der Waals surface area contributed by atoms with E-state index in [4.69, 9.17) is 10.5 Å². The summed E-state index contributed by atoms with van der Waals surface area (Å²) in [6.07, 6.45) is 1.16. The van der Waals surface area contributed by atoms with Gasteiger partial charge in [0, 0.05) is 31.1 Å². The van der Waals surface area contributed by atoms with E-state index in [2.05, 4.69) is 36.1 Å². The van der Waals surface area contributed by atoms with Crippen molar-refractivity contribution in [3.8, 4) is 0 Å². The van der Waals surface area contributed by atoms with Crippen molar-refractivity contribution in [3.63, 3.8) is 0 Å². The van der Waals surface area contributed by atoms with E-state index < -0.39 is 0 Å². The van der Waals surface area contributed by atoms with Crippen molar-refractivity contribution in [3.05, 3.63) is 35.4 Å². The van der Waals surface area contributed by atoms with Crippen molar-refractivity contribution >= 4 is 0 Å². The highest BCUT2D eigenvalue weighted by molar-refractivity contribution is 5.29. The molecule has 0 spiro atoms. The van der Waals surface area contributed by atoms with Crippen molar-refractivity contribution in [2.24, 2.45) is 11.1 Å². The number of hydrogen-bond acceptors (Lipinski definition) is 3. The van der Waals surface area contributed by atoms with Crippen LogP contribution in [-0.2, 0) is 17.7 Å². The van der Waals surface area contributed by atoms with Crippen LogP contribution in [0.4, 0.5) is 0 Å². The first-order chi connectivity index (χ1) is 8.67. The molecule has 2 aliphatic rings. The minimum Gasteiger partial charge on any atom is -0.379 e. The van der Waals surface area contributed by atoms with Crippen LogP contribution in [0.2, 0.25) is 0 Å². The van der Waals surface area contributed by atoms with Crippen molar-refractivity contribution in [1.29, 1.82) is 0 Å². The lowest BCUT2D eigenvalue weighted by atomic mass is 9.84. The summed E-state index contributed by atoms with van der Waals surface area (Å²) in [7, 11) is 0. The first kappa shape index (κ1) is 12.2. The first-order valence-corrected chi connectivity index (χ1v) is 6.80. The van der Waals surface area contributed by atoms with Gasteiger partial charge in [-0.1, -0.05) is 31.2 Å². The predicted molar refractivity (Wildman–Crippen MR) is 72.3 cm³/mol. The first-order valence-electron chi connectivity index (χ1n) is 6.80. The predicted octanol–water partition coefficient (Wildman–Crippen LogP) is 1.41. The molecule has 1 fully saturated rings. The standard InChI is InChI=1S/C15H22N2O/c1-15(11-18-9-14(15)16)10-17-7-6-12-4-2-3-5-13(12)8-17/h2-5,14H,6-11,16H2,1H3. The average molecular weight is 246 g/mol. The van der Waals surface area contributed by atoms with Crippen molar-refractivity contribution in [2.75, 3.05) is 26.3 Å². The van der Waals surface area contributed by atoms with E-state index in [1.54, 1.807) is 0 Å². The van der Waals surface area contributed by atoms with Crippen LogP contribution in [0.15, 0.2) is 24.3 Å². The Bertz CT molecular complexity index is 434. The Morgan fingerprint density at radius 3 is 2.89 bits per heavy atom. The third-order valence-corrected chi connectivity index (χ3v) is 4.42. The van der Waals surface area contributed by atoms with Crippen LogP contribution in [0.25, 0.3) is 0 Å². The summed E-state index contributed by atoms with van der Waals surface area (Å²) in [5.41, 5.74) is 9.27. The lowest BCUT2D eigenvalue weighted by Gasteiger charge is -2.36. The van der Waals surface area contributed by atoms with Crippen LogP contribution in [0.1, 0.15) is 18.1 Å². The molecule has 98 valence electrons. The Labute approximate surface area is 109 Å². The Hall–Kier alpha value is -0.900. The monoisotopic (exact) mass is 246 g/mol. The molecule has 2 N–H and O–H groups in total. The average Bonchev–Trinajstić information content (AvgIpc) is 2.69. The van der Waals surface area contributed by atoms with Gasteiger partial charge in [-0.15, -0.1) is 0 Å². The van der Waals surface area contributed by atoms with Gasteiger partial charge < -0.3 is 10.5 Å². The molecule has 1 saturated heterocycles. The number of nitrogens with two attached hydrogens (primary N) is 1. The molecule has 0 aromatic heterocycles. The lowest BCUT2D eigenvalue weighted by Crippen LogP contribution is -2.48. The zero-order valence-corrected chi connectivity index (χ0v) is 11.1. The molecular weight excluding hydrogens is 224 g/mol. The van der Waals surface area contributed by atoms with E-state index in [9.17, 15) is 0 Å². The second-order valence-corrected chi connectivity index (χ2v) is 6.01. The minimum absolute atomic E-state index is 0.117.